The van der Waals surface area contributed by atoms with E-state index < -0.39 is 5.82 Å². The first-order valence-electron chi connectivity index (χ1n) is 9.47. The minimum absolute atomic E-state index is 0.122. The van der Waals surface area contributed by atoms with Crippen LogP contribution in [0.3, 0.4) is 0 Å². The number of piperidine rings is 1. The molecule has 2 aromatic rings. The number of amides is 2. The highest BCUT2D eigenvalue weighted by molar-refractivity contribution is 5.94. The first-order valence-corrected chi connectivity index (χ1v) is 9.47. The van der Waals surface area contributed by atoms with Crippen LogP contribution in [0.5, 0.6) is 0 Å². The molecule has 0 unspecified atom stereocenters. The van der Waals surface area contributed by atoms with Crippen molar-refractivity contribution in [3.05, 3.63) is 71.5 Å². The normalized spacial score (nSPS) is 18.9. The molecule has 2 amide bonds. The molecule has 2 saturated heterocycles. The van der Waals surface area contributed by atoms with E-state index in [4.69, 9.17) is 0 Å². The average Bonchev–Trinajstić information content (AvgIpc) is 2.99. The molecule has 0 N–H and O–H groups in total. The molecular formula is C22H23FN2O2. The van der Waals surface area contributed by atoms with Crippen molar-refractivity contribution in [3.63, 3.8) is 0 Å². The van der Waals surface area contributed by atoms with Gasteiger partial charge in [-0.25, -0.2) is 4.39 Å². The van der Waals surface area contributed by atoms with Gasteiger partial charge in [0.05, 0.1) is 5.56 Å². The highest BCUT2D eigenvalue weighted by Crippen LogP contribution is 2.40. The van der Waals surface area contributed by atoms with Crippen LogP contribution in [-0.2, 0) is 11.3 Å². The molecule has 5 heteroatoms. The van der Waals surface area contributed by atoms with E-state index >= 15 is 0 Å². The van der Waals surface area contributed by atoms with E-state index in [9.17, 15) is 14.0 Å². The van der Waals surface area contributed by atoms with Gasteiger partial charge in [-0.2, -0.15) is 0 Å². The molecule has 4 nitrogen and oxygen atoms in total. The van der Waals surface area contributed by atoms with E-state index in [-0.39, 0.29) is 22.9 Å². The van der Waals surface area contributed by atoms with Crippen LogP contribution in [0, 0.1) is 5.82 Å². The van der Waals surface area contributed by atoms with Gasteiger partial charge in [0.2, 0.25) is 5.91 Å². The third-order valence-electron chi connectivity index (χ3n) is 5.95. The summed E-state index contributed by atoms with van der Waals surface area (Å²) in [6, 6.07) is 16.1. The molecule has 2 aliphatic heterocycles. The van der Waals surface area contributed by atoms with Gasteiger partial charge in [0.15, 0.2) is 0 Å². The summed E-state index contributed by atoms with van der Waals surface area (Å²) in [5.41, 5.74) is 1.06. The Hall–Kier alpha value is -2.69. The highest BCUT2D eigenvalue weighted by Gasteiger charge is 2.47. The molecule has 27 heavy (non-hydrogen) atoms. The molecule has 140 valence electrons. The van der Waals surface area contributed by atoms with Crippen LogP contribution in [0.25, 0.3) is 0 Å². The second-order valence-corrected chi connectivity index (χ2v) is 7.46. The Morgan fingerprint density at radius 2 is 1.63 bits per heavy atom. The summed E-state index contributed by atoms with van der Waals surface area (Å²) in [5.74, 6) is -0.556. The Labute approximate surface area is 158 Å². The Morgan fingerprint density at radius 3 is 2.33 bits per heavy atom. The van der Waals surface area contributed by atoms with Crippen molar-refractivity contribution in [2.75, 3.05) is 13.1 Å². The van der Waals surface area contributed by atoms with Crippen molar-refractivity contribution in [1.82, 2.24) is 9.80 Å². The van der Waals surface area contributed by atoms with Gasteiger partial charge in [-0.05, 0) is 37.0 Å². The lowest BCUT2D eigenvalue weighted by atomic mass is 9.84. The van der Waals surface area contributed by atoms with Gasteiger partial charge in [0.25, 0.3) is 5.91 Å². The van der Waals surface area contributed by atoms with Crippen LogP contribution >= 0.6 is 0 Å². The van der Waals surface area contributed by atoms with E-state index in [0.29, 0.717) is 26.1 Å². The van der Waals surface area contributed by atoms with Crippen LogP contribution in [0.15, 0.2) is 54.6 Å². The van der Waals surface area contributed by atoms with Crippen molar-refractivity contribution < 1.29 is 14.0 Å². The number of hydrogen-bond donors (Lipinski definition) is 0. The zero-order chi connectivity index (χ0) is 18.9. The third kappa shape index (κ3) is 3.34. The minimum Gasteiger partial charge on any atom is -0.338 e. The zero-order valence-corrected chi connectivity index (χ0v) is 15.2. The molecule has 0 aliphatic carbocycles. The summed E-state index contributed by atoms with van der Waals surface area (Å²) >= 11 is 0. The maximum Gasteiger partial charge on any atom is 0.256 e. The largest absolute Gasteiger partial charge is 0.338 e. The predicted octanol–water partition coefficient (Wildman–Crippen LogP) is 3.62. The topological polar surface area (TPSA) is 40.6 Å². The van der Waals surface area contributed by atoms with Crippen LogP contribution in [0.2, 0.25) is 0 Å². The van der Waals surface area contributed by atoms with Crippen molar-refractivity contribution in [3.8, 4) is 0 Å². The molecule has 2 aliphatic rings. The molecule has 0 saturated carbocycles. The highest BCUT2D eigenvalue weighted by atomic mass is 19.1. The Bertz CT molecular complexity index is 844. The monoisotopic (exact) mass is 366 g/mol. The number of nitrogens with zero attached hydrogens (tertiary/aromatic N) is 2. The molecule has 2 heterocycles. The lowest BCUT2D eigenvalue weighted by Gasteiger charge is -2.45. The predicted molar refractivity (Wildman–Crippen MR) is 100 cm³/mol. The lowest BCUT2D eigenvalue weighted by Crippen LogP contribution is -2.53. The fourth-order valence-corrected chi connectivity index (χ4v) is 4.35. The fourth-order valence-electron chi connectivity index (χ4n) is 4.35. The van der Waals surface area contributed by atoms with Crippen LogP contribution in [-0.4, -0.2) is 40.2 Å². The summed E-state index contributed by atoms with van der Waals surface area (Å²) < 4.78 is 13.9. The number of hydrogen-bond acceptors (Lipinski definition) is 2. The van der Waals surface area contributed by atoms with Crippen LogP contribution in [0.1, 0.15) is 41.6 Å². The van der Waals surface area contributed by atoms with E-state index in [2.05, 4.69) is 0 Å². The molecule has 2 aromatic carbocycles. The third-order valence-corrected chi connectivity index (χ3v) is 5.95. The molecule has 4 rings (SSSR count). The van der Waals surface area contributed by atoms with Gasteiger partial charge < -0.3 is 9.80 Å². The quantitative estimate of drug-likeness (QED) is 0.832. The Morgan fingerprint density at radius 1 is 0.963 bits per heavy atom. The second kappa shape index (κ2) is 7.14. The van der Waals surface area contributed by atoms with Gasteiger partial charge in [0.1, 0.15) is 5.82 Å². The molecule has 0 atom stereocenters. The summed E-state index contributed by atoms with van der Waals surface area (Å²) in [6.45, 7) is 1.71. The SMILES string of the molecule is O=C(c1ccccc1F)N1CCC2(CCC(=O)N2Cc2ccccc2)CC1. The van der Waals surface area contributed by atoms with E-state index in [1.54, 1.807) is 17.0 Å². The first kappa shape index (κ1) is 17.7. The molecule has 1 spiro atoms. The molecule has 0 aromatic heterocycles. The first-order chi connectivity index (χ1) is 13.1. The minimum atomic E-state index is -0.482. The zero-order valence-electron chi connectivity index (χ0n) is 15.2. The van der Waals surface area contributed by atoms with E-state index in [1.165, 1.54) is 12.1 Å². The van der Waals surface area contributed by atoms with Gasteiger partial charge in [-0.3, -0.25) is 9.59 Å². The summed E-state index contributed by atoms with van der Waals surface area (Å²) in [4.78, 5) is 28.9. The molecule has 2 fully saturated rings. The Kier molecular flexibility index (Phi) is 4.68. The number of carbonyl (C=O) groups is 2. The molecule has 0 bridgehead atoms. The standard InChI is InChI=1S/C22H23FN2O2/c23-19-9-5-4-8-18(19)21(27)24-14-12-22(13-15-24)11-10-20(26)25(22)16-17-6-2-1-3-7-17/h1-9H,10-16H2. The molecule has 0 radical (unpaired) electrons. The Balaban J connectivity index is 1.47. The van der Waals surface area contributed by atoms with Gasteiger partial charge in [-0.1, -0.05) is 42.5 Å². The number of benzene rings is 2. The van der Waals surface area contributed by atoms with Crippen molar-refractivity contribution >= 4 is 11.8 Å². The van der Waals surface area contributed by atoms with Crippen LogP contribution < -0.4 is 0 Å². The molecular weight excluding hydrogens is 343 g/mol. The fraction of sp³-hybridized carbons (Fsp3) is 0.364. The number of rotatable bonds is 3. The van der Waals surface area contributed by atoms with Crippen molar-refractivity contribution in [2.24, 2.45) is 0 Å². The number of halogens is 1. The van der Waals surface area contributed by atoms with Gasteiger partial charge >= 0.3 is 0 Å². The summed E-state index contributed by atoms with van der Waals surface area (Å²) in [7, 11) is 0. The average molecular weight is 366 g/mol. The summed E-state index contributed by atoms with van der Waals surface area (Å²) in [5, 5.41) is 0. The second-order valence-electron chi connectivity index (χ2n) is 7.46. The number of likely N-dealkylation sites (tertiary alicyclic amines) is 2. The van der Waals surface area contributed by atoms with Gasteiger partial charge in [0, 0.05) is 31.6 Å². The van der Waals surface area contributed by atoms with Crippen molar-refractivity contribution in [2.45, 2.75) is 37.8 Å². The van der Waals surface area contributed by atoms with Crippen molar-refractivity contribution in [1.29, 1.82) is 0 Å². The number of carbonyl (C=O) groups excluding carboxylic acids is 2. The van der Waals surface area contributed by atoms with E-state index in [0.717, 1.165) is 24.8 Å². The lowest BCUT2D eigenvalue weighted by molar-refractivity contribution is -0.133. The maximum atomic E-state index is 13.9. The summed E-state index contributed by atoms with van der Waals surface area (Å²) in [6.07, 6.45) is 2.88. The smallest absolute Gasteiger partial charge is 0.256 e. The maximum absolute atomic E-state index is 13.9. The van der Waals surface area contributed by atoms with Crippen LogP contribution in [0.4, 0.5) is 4.39 Å². The van der Waals surface area contributed by atoms with Gasteiger partial charge in [-0.15, -0.1) is 0 Å². The van der Waals surface area contributed by atoms with E-state index in [1.807, 2.05) is 35.2 Å².